The summed E-state index contributed by atoms with van der Waals surface area (Å²) >= 11 is 2.03. The van der Waals surface area contributed by atoms with E-state index in [1.165, 1.54) is 12.2 Å². The van der Waals surface area contributed by atoms with Crippen molar-refractivity contribution in [3.8, 4) is 0 Å². The van der Waals surface area contributed by atoms with Gasteiger partial charge >= 0.3 is 0 Å². The number of rotatable bonds is 4. The lowest BCUT2D eigenvalue weighted by atomic mass is 10.2. The Labute approximate surface area is 110 Å². The molecule has 17 heavy (non-hydrogen) atoms. The fourth-order valence-electron chi connectivity index (χ4n) is 1.82. The summed E-state index contributed by atoms with van der Waals surface area (Å²) < 4.78 is 5.60. The molecule has 0 aromatic heterocycles. The van der Waals surface area contributed by atoms with Crippen LogP contribution in [0.25, 0.3) is 0 Å². The summed E-state index contributed by atoms with van der Waals surface area (Å²) in [7, 11) is 0. The molecular formula is C13H27NO2S. The lowest BCUT2D eigenvalue weighted by molar-refractivity contribution is -0.0557. The molecule has 1 saturated heterocycles. The van der Waals surface area contributed by atoms with Crippen LogP contribution in [0.15, 0.2) is 0 Å². The van der Waals surface area contributed by atoms with Gasteiger partial charge in [0.2, 0.25) is 0 Å². The highest BCUT2D eigenvalue weighted by Gasteiger charge is 2.18. The summed E-state index contributed by atoms with van der Waals surface area (Å²) in [6, 6.07) is 0. The minimum atomic E-state index is -0.368. The van der Waals surface area contributed by atoms with E-state index in [1.54, 1.807) is 0 Å². The zero-order valence-corrected chi connectivity index (χ0v) is 12.4. The molecule has 1 rings (SSSR count). The van der Waals surface area contributed by atoms with Gasteiger partial charge in [-0.05, 0) is 33.7 Å². The summed E-state index contributed by atoms with van der Waals surface area (Å²) in [6.45, 7) is 11.7. The van der Waals surface area contributed by atoms with Crippen LogP contribution < -0.4 is 0 Å². The molecule has 1 N–H and O–H groups in total. The van der Waals surface area contributed by atoms with E-state index in [0.717, 1.165) is 24.9 Å². The fourth-order valence-corrected chi connectivity index (χ4v) is 2.86. The second kappa shape index (κ2) is 6.98. The van der Waals surface area contributed by atoms with Gasteiger partial charge in [-0.25, -0.2) is 0 Å². The molecule has 0 saturated carbocycles. The molecule has 0 aliphatic carbocycles. The van der Waals surface area contributed by atoms with E-state index in [2.05, 4.69) is 11.8 Å². The van der Waals surface area contributed by atoms with Crippen molar-refractivity contribution in [2.45, 2.75) is 51.1 Å². The molecule has 4 heteroatoms. The van der Waals surface area contributed by atoms with Crippen LogP contribution >= 0.6 is 11.8 Å². The summed E-state index contributed by atoms with van der Waals surface area (Å²) in [5, 5.41) is 10.7. The van der Waals surface area contributed by atoms with Crippen LogP contribution in [0.5, 0.6) is 0 Å². The van der Waals surface area contributed by atoms with Crippen LogP contribution in [0.4, 0.5) is 0 Å². The molecule has 1 aliphatic rings. The third-order valence-electron chi connectivity index (χ3n) is 2.84. The van der Waals surface area contributed by atoms with E-state index in [-0.39, 0.29) is 11.7 Å². The number of thioether (sulfide) groups is 1. The predicted molar refractivity (Wildman–Crippen MR) is 74.7 cm³/mol. The Hall–Kier alpha value is 0.230. The molecule has 0 aromatic carbocycles. The van der Waals surface area contributed by atoms with E-state index in [9.17, 15) is 5.11 Å². The third kappa shape index (κ3) is 7.29. The molecule has 0 spiro atoms. The van der Waals surface area contributed by atoms with Crippen molar-refractivity contribution in [2.24, 2.45) is 0 Å². The zero-order valence-electron chi connectivity index (χ0n) is 11.6. The van der Waals surface area contributed by atoms with E-state index in [4.69, 9.17) is 4.74 Å². The van der Waals surface area contributed by atoms with Crippen molar-refractivity contribution in [3.63, 3.8) is 0 Å². The largest absolute Gasteiger partial charge is 0.389 e. The van der Waals surface area contributed by atoms with Gasteiger partial charge < -0.3 is 9.84 Å². The third-order valence-corrected chi connectivity index (χ3v) is 4.06. The second-order valence-corrected chi connectivity index (χ2v) is 7.39. The molecule has 0 aromatic rings. The summed E-state index contributed by atoms with van der Waals surface area (Å²) in [5.74, 6) is 1.17. The molecule has 1 aliphatic heterocycles. The number of nitrogens with zero attached hydrogens (tertiary/aromatic N) is 1. The van der Waals surface area contributed by atoms with Gasteiger partial charge in [0.15, 0.2) is 0 Å². The Kier molecular flexibility index (Phi) is 6.27. The molecule has 0 radical (unpaired) electrons. The van der Waals surface area contributed by atoms with E-state index in [0.29, 0.717) is 6.61 Å². The summed E-state index contributed by atoms with van der Waals surface area (Å²) in [6.07, 6.45) is 0.852. The topological polar surface area (TPSA) is 32.7 Å². The van der Waals surface area contributed by atoms with Crippen molar-refractivity contribution < 1.29 is 9.84 Å². The molecule has 0 bridgehead atoms. The average Bonchev–Trinajstić information content (AvgIpc) is 2.40. The van der Waals surface area contributed by atoms with E-state index >= 15 is 0 Å². The Morgan fingerprint density at radius 2 is 2.12 bits per heavy atom. The lowest BCUT2D eigenvalue weighted by Crippen LogP contribution is -2.38. The van der Waals surface area contributed by atoms with Crippen LogP contribution in [-0.4, -0.2) is 59.0 Å². The van der Waals surface area contributed by atoms with Crippen molar-refractivity contribution in [3.05, 3.63) is 0 Å². The standard InChI is InChI=1S/C13H27NO2S/c1-11-5-6-14(7-8-17-11)9-12(15)10-16-13(2,3)4/h11-12,15H,5-10H2,1-4H3/t11-,12-/m1/s1. The van der Waals surface area contributed by atoms with Gasteiger partial charge in [0.25, 0.3) is 0 Å². The molecule has 2 atom stereocenters. The first kappa shape index (κ1) is 15.3. The Morgan fingerprint density at radius 1 is 1.41 bits per heavy atom. The number of aliphatic hydroxyl groups excluding tert-OH is 1. The van der Waals surface area contributed by atoms with Crippen LogP contribution in [0.1, 0.15) is 34.1 Å². The van der Waals surface area contributed by atoms with Gasteiger partial charge in [-0.3, -0.25) is 4.90 Å². The zero-order chi connectivity index (χ0) is 12.9. The van der Waals surface area contributed by atoms with Gasteiger partial charge in [-0.2, -0.15) is 11.8 Å². The van der Waals surface area contributed by atoms with Crippen molar-refractivity contribution >= 4 is 11.8 Å². The van der Waals surface area contributed by atoms with Gasteiger partial charge in [-0.15, -0.1) is 0 Å². The van der Waals surface area contributed by atoms with Crippen LogP contribution in [0.3, 0.4) is 0 Å². The first-order valence-corrected chi connectivity index (χ1v) is 7.57. The summed E-state index contributed by atoms with van der Waals surface area (Å²) in [5.41, 5.74) is -0.163. The van der Waals surface area contributed by atoms with Crippen LogP contribution in [0, 0.1) is 0 Å². The average molecular weight is 261 g/mol. The highest BCUT2D eigenvalue weighted by molar-refractivity contribution is 7.99. The lowest BCUT2D eigenvalue weighted by Gasteiger charge is -2.26. The summed E-state index contributed by atoms with van der Waals surface area (Å²) in [4.78, 5) is 2.35. The highest BCUT2D eigenvalue weighted by Crippen LogP contribution is 2.18. The molecule has 102 valence electrons. The Balaban J connectivity index is 2.23. The fraction of sp³-hybridized carbons (Fsp3) is 1.00. The second-order valence-electron chi connectivity index (χ2n) is 5.85. The van der Waals surface area contributed by atoms with Crippen molar-refractivity contribution in [1.82, 2.24) is 4.90 Å². The van der Waals surface area contributed by atoms with E-state index in [1.807, 2.05) is 32.5 Å². The maximum Gasteiger partial charge on any atom is 0.0900 e. The number of ether oxygens (including phenoxy) is 1. The quantitative estimate of drug-likeness (QED) is 0.839. The maximum absolute atomic E-state index is 9.95. The molecule has 3 nitrogen and oxygen atoms in total. The van der Waals surface area contributed by atoms with Gasteiger partial charge in [0.1, 0.15) is 0 Å². The van der Waals surface area contributed by atoms with Gasteiger partial charge in [0.05, 0.1) is 18.3 Å². The number of hydrogen-bond acceptors (Lipinski definition) is 4. The predicted octanol–water partition coefficient (Wildman–Crippen LogP) is 1.99. The van der Waals surface area contributed by atoms with Crippen molar-refractivity contribution in [2.75, 3.05) is 32.0 Å². The minimum absolute atomic E-state index is 0.163. The molecule has 1 heterocycles. The Bertz CT molecular complexity index is 218. The van der Waals surface area contributed by atoms with Crippen LogP contribution in [-0.2, 0) is 4.74 Å². The highest BCUT2D eigenvalue weighted by atomic mass is 32.2. The number of hydrogen-bond donors (Lipinski definition) is 1. The molecule has 0 amide bonds. The Morgan fingerprint density at radius 3 is 2.76 bits per heavy atom. The van der Waals surface area contributed by atoms with Crippen molar-refractivity contribution in [1.29, 1.82) is 0 Å². The minimum Gasteiger partial charge on any atom is -0.389 e. The van der Waals surface area contributed by atoms with Gasteiger partial charge in [-0.1, -0.05) is 6.92 Å². The molecule has 0 unspecified atom stereocenters. The number of β-amino-alcohol motifs (C(OH)–C–C–N with tert-alkyl or cyclic N) is 1. The van der Waals surface area contributed by atoms with Crippen LogP contribution in [0.2, 0.25) is 0 Å². The first-order valence-electron chi connectivity index (χ1n) is 6.53. The van der Waals surface area contributed by atoms with Gasteiger partial charge in [0, 0.05) is 24.1 Å². The van der Waals surface area contributed by atoms with E-state index < -0.39 is 0 Å². The smallest absolute Gasteiger partial charge is 0.0900 e. The number of aliphatic hydroxyl groups is 1. The maximum atomic E-state index is 9.95. The molecular weight excluding hydrogens is 234 g/mol. The first-order chi connectivity index (χ1) is 7.87. The monoisotopic (exact) mass is 261 g/mol. The normalized spacial score (nSPS) is 25.6. The molecule has 1 fully saturated rings. The SMILES string of the molecule is C[C@@H]1CCN(C[C@@H](O)COC(C)(C)C)CCS1.